The Hall–Kier alpha value is -8.76. The van der Waals surface area contributed by atoms with Gasteiger partial charge in [0.2, 0.25) is 0 Å². The molecule has 2 heterocycles. The monoisotopic (exact) mass is 1340 g/mol. The number of benzene rings is 8. The van der Waals surface area contributed by atoms with Crippen LogP contribution in [0.4, 0.5) is 0 Å². The van der Waals surface area contributed by atoms with Crippen LogP contribution in [0.3, 0.4) is 0 Å². The quantitative estimate of drug-likeness (QED) is 0.0973. The van der Waals surface area contributed by atoms with E-state index in [4.69, 9.17) is 28.9 Å². The molecule has 0 unspecified atom stereocenters. The number of methoxy groups -OCH3 is 2. The Kier molecular flexibility index (Phi) is 18.6. The molecule has 10 heteroatoms. The number of hydrogen-bond acceptors (Lipinski definition) is 10. The molecule has 0 spiro atoms. The van der Waals surface area contributed by atoms with Crippen molar-refractivity contribution in [3.8, 4) is 79.0 Å². The molecule has 100 heavy (non-hydrogen) atoms. The van der Waals surface area contributed by atoms with Gasteiger partial charge in [-0.1, -0.05) is 237 Å². The molecule has 0 bridgehead atoms. The normalized spacial score (nSPS) is 16.8. The third-order valence-corrected chi connectivity index (χ3v) is 21.1. The molecule has 2 aliphatic heterocycles. The van der Waals surface area contributed by atoms with E-state index in [1.165, 1.54) is 14.2 Å². The van der Waals surface area contributed by atoms with Gasteiger partial charge in [0.05, 0.1) is 37.4 Å². The summed E-state index contributed by atoms with van der Waals surface area (Å²) in [6.45, 7) is 48.4. The Morgan fingerprint density at radius 3 is 0.920 bits per heavy atom. The van der Waals surface area contributed by atoms with E-state index in [-0.39, 0.29) is 45.2 Å². The molecular formula is C90H104N2O8-2. The van der Waals surface area contributed by atoms with Crippen LogP contribution in [0.5, 0.6) is 34.5 Å². The highest BCUT2D eigenvalue weighted by Gasteiger charge is 2.43. The Morgan fingerprint density at radius 1 is 0.400 bits per heavy atom. The number of carbonyl (C=O) groups excluding carboxylic acids is 2. The summed E-state index contributed by atoms with van der Waals surface area (Å²) in [4.78, 5) is 36.1. The lowest BCUT2D eigenvalue weighted by molar-refractivity contribution is -0.270. The predicted octanol–water partition coefficient (Wildman–Crippen LogP) is 21.6. The topological polar surface area (TPSA) is 142 Å². The zero-order valence-corrected chi connectivity index (χ0v) is 63.8. The van der Waals surface area contributed by atoms with Gasteiger partial charge in [-0.05, 0) is 173 Å². The van der Waals surface area contributed by atoms with E-state index in [1.807, 2.05) is 36.4 Å². The summed E-state index contributed by atoms with van der Waals surface area (Å²) in [5, 5.41) is 30.3. The minimum atomic E-state index is -0.545. The van der Waals surface area contributed by atoms with E-state index in [1.54, 1.807) is 36.7 Å². The molecule has 8 aromatic carbocycles. The van der Waals surface area contributed by atoms with E-state index in [0.717, 1.165) is 138 Å². The lowest BCUT2D eigenvalue weighted by Gasteiger charge is -2.39. The van der Waals surface area contributed by atoms with Gasteiger partial charge < -0.3 is 29.2 Å². The molecule has 0 radical (unpaired) electrons. The van der Waals surface area contributed by atoms with Crippen LogP contribution in [0.2, 0.25) is 0 Å². The molecule has 3 aliphatic rings. The highest BCUT2D eigenvalue weighted by atomic mass is 16.5. The number of hydrogen-bond donors (Lipinski definition) is 0. The Bertz CT molecular complexity index is 4320. The number of esters is 2. The van der Waals surface area contributed by atoms with Gasteiger partial charge in [-0.15, -0.1) is 0 Å². The second kappa shape index (κ2) is 25.7. The van der Waals surface area contributed by atoms with Crippen LogP contribution in [-0.4, -0.2) is 50.7 Å². The van der Waals surface area contributed by atoms with Crippen molar-refractivity contribution in [1.29, 1.82) is 0 Å². The lowest BCUT2D eigenvalue weighted by Crippen LogP contribution is -2.28. The van der Waals surface area contributed by atoms with Crippen molar-refractivity contribution in [2.75, 3.05) is 14.2 Å². The summed E-state index contributed by atoms with van der Waals surface area (Å²) in [6, 6.07) is 40.8. The fourth-order valence-corrected chi connectivity index (χ4v) is 14.4. The molecule has 1 fully saturated rings. The van der Waals surface area contributed by atoms with Crippen LogP contribution < -0.4 is 19.7 Å². The lowest BCUT2D eigenvalue weighted by atomic mass is 9.70. The molecule has 0 N–H and O–H groups in total. The highest BCUT2D eigenvalue weighted by molar-refractivity contribution is 5.94. The zero-order valence-electron chi connectivity index (χ0n) is 63.8. The number of rotatable bonds is 10. The number of nitrogens with zero attached hydrogens (tertiary/aromatic N) is 2. The van der Waals surface area contributed by atoms with Crippen LogP contribution in [0, 0.1) is 0 Å². The largest absolute Gasteiger partial charge is 0.872 e. The van der Waals surface area contributed by atoms with Crippen LogP contribution in [-0.2, 0) is 52.8 Å². The first-order chi connectivity index (χ1) is 46.4. The van der Waals surface area contributed by atoms with E-state index in [9.17, 15) is 9.59 Å². The third kappa shape index (κ3) is 13.8. The summed E-state index contributed by atoms with van der Waals surface area (Å²) in [5.41, 5.74) is 16.1. The Morgan fingerprint density at radius 2 is 0.670 bits per heavy atom. The van der Waals surface area contributed by atoms with E-state index < -0.39 is 33.6 Å². The maximum absolute atomic E-state index is 15.1. The third-order valence-electron chi connectivity index (χ3n) is 21.1. The minimum absolute atomic E-state index is 0.0769. The predicted molar refractivity (Wildman–Crippen MR) is 407 cm³/mol. The van der Waals surface area contributed by atoms with Gasteiger partial charge in [-0.25, -0.2) is 9.59 Å². The van der Waals surface area contributed by atoms with E-state index in [0.29, 0.717) is 33.4 Å². The maximum Gasteiger partial charge on any atom is 0.337 e. The van der Waals surface area contributed by atoms with Crippen molar-refractivity contribution in [3.05, 3.63) is 199 Å². The van der Waals surface area contributed by atoms with Gasteiger partial charge in [0, 0.05) is 67.8 Å². The Balaban J connectivity index is 1.01. The molecule has 11 rings (SSSR count). The smallest absolute Gasteiger partial charge is 0.337 e. The average Bonchev–Trinajstić information content (AvgIpc) is 0.720. The standard InChI is InChI=1S/C90H106N2O8/c1-83(2,3)59-41-63(51-29-33-53(34-30-51)81(95)97-23)77-69(45-59)89(19,20)71-47-61(85(7,8)9)43-65(79(71)99-77)55-37-57(75(93)67(39-55)87(13,14)15)49-91-73-27-25-26-28-74(73)92-50-58-38-56(40-68(76(58)94)88(16,17)18)66-44-62(86(10,11)12)48-72-80(66)100-78-64(52-31-35-54(36-32-52)82(96)98-24)42-60(84(4,5)6)46-70(78)90(72,21)22/h29-50,73-74,93-94H,25-28H2,1-24H3/p-2/t73-,74-/m0/s1. The van der Waals surface area contributed by atoms with Crippen LogP contribution in [0.25, 0.3) is 44.5 Å². The molecule has 10 nitrogen and oxygen atoms in total. The summed E-state index contributed by atoms with van der Waals surface area (Å²) < 4.78 is 25.1. The molecule has 0 aromatic heterocycles. The van der Waals surface area contributed by atoms with Crippen molar-refractivity contribution in [1.82, 2.24) is 0 Å². The van der Waals surface area contributed by atoms with Gasteiger partial charge in [-0.3, -0.25) is 9.98 Å². The second-order valence-electron chi connectivity index (χ2n) is 35.6. The summed E-state index contributed by atoms with van der Waals surface area (Å²) >= 11 is 0. The first kappa shape index (κ1) is 72.5. The molecule has 1 aliphatic carbocycles. The summed E-state index contributed by atoms with van der Waals surface area (Å²) in [5.74, 6) is 2.01. The number of fused-ring (bicyclic) bond motifs is 4. The minimum Gasteiger partial charge on any atom is -0.872 e. The van der Waals surface area contributed by atoms with Crippen molar-refractivity contribution < 1.29 is 38.7 Å². The van der Waals surface area contributed by atoms with Gasteiger partial charge in [0.25, 0.3) is 0 Å². The van der Waals surface area contributed by atoms with E-state index in [2.05, 4.69) is 213 Å². The van der Waals surface area contributed by atoms with Crippen LogP contribution in [0.15, 0.2) is 131 Å². The van der Waals surface area contributed by atoms with Gasteiger partial charge in [-0.2, -0.15) is 0 Å². The van der Waals surface area contributed by atoms with Crippen molar-refractivity contribution in [2.24, 2.45) is 9.98 Å². The van der Waals surface area contributed by atoms with Crippen molar-refractivity contribution in [3.63, 3.8) is 0 Å². The molecule has 2 atom stereocenters. The summed E-state index contributed by atoms with van der Waals surface area (Å²) in [7, 11) is 2.79. The highest BCUT2D eigenvalue weighted by Crippen LogP contribution is 2.59. The number of carbonyl (C=O) groups is 2. The zero-order chi connectivity index (χ0) is 73.1. The second-order valence-corrected chi connectivity index (χ2v) is 35.6. The Labute approximate surface area is 595 Å². The number of aliphatic imine (C=N–C) groups is 2. The van der Waals surface area contributed by atoms with Gasteiger partial charge in [0.15, 0.2) is 0 Å². The maximum atomic E-state index is 15.1. The molecule has 0 amide bonds. The fraction of sp³-hybridized carbons (Fsp3) is 0.422. The molecule has 0 saturated heterocycles. The first-order valence-corrected chi connectivity index (χ1v) is 35.7. The van der Waals surface area contributed by atoms with Gasteiger partial charge in [0.1, 0.15) is 23.0 Å². The van der Waals surface area contributed by atoms with Gasteiger partial charge >= 0.3 is 11.9 Å². The fourth-order valence-electron chi connectivity index (χ4n) is 14.4. The molecule has 8 aromatic rings. The van der Waals surface area contributed by atoms with Crippen molar-refractivity contribution in [2.45, 2.75) is 233 Å². The number of ether oxygens (including phenoxy) is 4. The van der Waals surface area contributed by atoms with Crippen LogP contribution in [0.1, 0.15) is 265 Å². The SMILES string of the molecule is COC(=O)c1ccc(-c2cc(C(C)(C)C)cc3c2Oc2c(-c4cc(C=N[C@H]5CCCC[C@@H]5N=Cc5cc(-c6cc(C(C)(C)C)cc7c6Oc6c(-c8ccc(C(=O)OC)cc8)cc(C(C)(C)C)cc6C7(C)C)cc(C(C)(C)C)c5[O-])c([O-])c(C(C)(C)C)c4)cc(C(C)(C)C)cc2C3(C)C)cc1. The average molecular weight is 1340 g/mol. The first-order valence-electron chi connectivity index (χ1n) is 35.7. The van der Waals surface area contributed by atoms with E-state index >= 15 is 10.2 Å². The molecule has 524 valence electrons. The van der Waals surface area contributed by atoms with Crippen LogP contribution >= 0.6 is 0 Å². The molecule has 1 saturated carbocycles. The summed E-state index contributed by atoms with van der Waals surface area (Å²) in [6.07, 6.45) is 7.00. The van der Waals surface area contributed by atoms with Crippen molar-refractivity contribution >= 4 is 24.4 Å². The molecular weight excluding hydrogens is 1240 g/mol.